The van der Waals surface area contributed by atoms with Crippen molar-refractivity contribution in [2.45, 2.75) is 135 Å². The molecule has 0 unspecified atom stereocenters. The van der Waals surface area contributed by atoms with Crippen LogP contribution in [0.5, 0.6) is 0 Å². The second-order valence-corrected chi connectivity index (χ2v) is 9.30. The number of carboxylic acid groups (broad SMARTS) is 2. The Hall–Kier alpha value is -1.10. The first-order valence-corrected chi connectivity index (χ1v) is 12.9. The molecule has 1 atom stereocenters. The highest BCUT2D eigenvalue weighted by Crippen LogP contribution is 2.35. The Bertz CT molecular complexity index is 478. The third kappa shape index (κ3) is 15.4. The molecular formula is C25H45ClO5. The highest BCUT2D eigenvalue weighted by atomic mass is 35.5. The Morgan fingerprint density at radius 1 is 0.613 bits per heavy atom. The third-order valence-corrected chi connectivity index (χ3v) is 6.60. The van der Waals surface area contributed by atoms with E-state index in [1.807, 2.05) is 0 Å². The lowest BCUT2D eigenvalue weighted by Gasteiger charge is -2.25. The molecule has 0 heterocycles. The fraction of sp³-hybridized carbons (Fsp3) is 0.880. The van der Waals surface area contributed by atoms with E-state index in [2.05, 4.69) is 6.92 Å². The van der Waals surface area contributed by atoms with Gasteiger partial charge in [-0.25, -0.2) is 0 Å². The van der Waals surface area contributed by atoms with Crippen molar-refractivity contribution in [3.8, 4) is 0 Å². The average molecular weight is 461 g/mol. The van der Waals surface area contributed by atoms with Gasteiger partial charge in [-0.1, -0.05) is 110 Å². The number of hydrogen-bond acceptors (Lipinski definition) is 3. The highest BCUT2D eigenvalue weighted by molar-refractivity contribution is 6.66. The van der Waals surface area contributed by atoms with E-state index in [4.69, 9.17) is 16.7 Å². The van der Waals surface area contributed by atoms with Crippen LogP contribution in [-0.4, -0.2) is 27.4 Å². The molecule has 0 aliphatic rings. The minimum atomic E-state index is -1.43. The molecular weight excluding hydrogens is 416 g/mol. The Morgan fingerprint density at radius 3 is 1.29 bits per heavy atom. The summed E-state index contributed by atoms with van der Waals surface area (Å²) in [5.41, 5.74) is -1.43. The smallest absolute Gasteiger partial charge is 0.318 e. The van der Waals surface area contributed by atoms with Gasteiger partial charge >= 0.3 is 11.9 Å². The van der Waals surface area contributed by atoms with Crippen molar-refractivity contribution in [3.05, 3.63) is 0 Å². The number of hydrogen-bond donors (Lipinski definition) is 2. The van der Waals surface area contributed by atoms with Crippen LogP contribution in [0.3, 0.4) is 0 Å². The molecule has 0 aromatic rings. The Morgan fingerprint density at radius 2 is 0.968 bits per heavy atom. The van der Waals surface area contributed by atoms with Crippen molar-refractivity contribution < 1.29 is 24.6 Å². The number of unbranched alkanes of at least 4 members (excludes halogenated alkanes) is 15. The van der Waals surface area contributed by atoms with Crippen LogP contribution in [0.1, 0.15) is 135 Å². The molecule has 0 spiro atoms. The van der Waals surface area contributed by atoms with Gasteiger partial charge in [0.1, 0.15) is 5.41 Å². The summed E-state index contributed by atoms with van der Waals surface area (Å²) in [6, 6.07) is 0. The van der Waals surface area contributed by atoms with Crippen LogP contribution in [-0.2, 0) is 14.4 Å². The number of carbonyl (C=O) groups is 3. The number of carbonyl (C=O) groups excluding carboxylic acids is 1. The summed E-state index contributed by atoms with van der Waals surface area (Å²) in [5.74, 6) is -1.82. The largest absolute Gasteiger partial charge is 0.481 e. The molecule has 0 aromatic carbocycles. The lowest BCUT2D eigenvalue weighted by molar-refractivity contribution is -0.153. The number of rotatable bonds is 23. The van der Waals surface area contributed by atoms with Crippen molar-refractivity contribution in [3.63, 3.8) is 0 Å². The first-order valence-electron chi connectivity index (χ1n) is 12.5. The van der Waals surface area contributed by atoms with E-state index in [0.717, 1.165) is 64.2 Å². The van der Waals surface area contributed by atoms with Crippen LogP contribution in [0, 0.1) is 5.41 Å². The number of aliphatic carboxylic acids is 2. The van der Waals surface area contributed by atoms with Crippen molar-refractivity contribution in [2.75, 3.05) is 0 Å². The molecule has 182 valence electrons. The van der Waals surface area contributed by atoms with E-state index in [9.17, 15) is 19.5 Å². The first kappa shape index (κ1) is 29.9. The predicted molar refractivity (Wildman–Crippen MR) is 127 cm³/mol. The van der Waals surface area contributed by atoms with Gasteiger partial charge in [0.05, 0.1) is 0 Å². The Kier molecular flexibility index (Phi) is 18.9. The fourth-order valence-corrected chi connectivity index (χ4v) is 4.39. The SMILES string of the molecule is CCCCCCCCCCC[C@](CCCCCCCCCCC(=O)O)(C(=O)O)C(=O)Cl. The maximum atomic E-state index is 12.0. The van der Waals surface area contributed by atoms with Crippen LogP contribution >= 0.6 is 11.6 Å². The average Bonchev–Trinajstić information content (AvgIpc) is 2.71. The molecule has 6 heteroatoms. The minimum absolute atomic E-state index is 0.239. The molecule has 0 radical (unpaired) electrons. The van der Waals surface area contributed by atoms with Gasteiger partial charge in [-0.05, 0) is 30.9 Å². The third-order valence-electron chi connectivity index (χ3n) is 6.24. The molecule has 0 fully saturated rings. The molecule has 0 rings (SSSR count). The summed E-state index contributed by atoms with van der Waals surface area (Å²) in [4.78, 5) is 34.4. The molecule has 0 aromatic heterocycles. The van der Waals surface area contributed by atoms with Crippen LogP contribution in [0.25, 0.3) is 0 Å². The number of carboxylic acids is 2. The quantitative estimate of drug-likeness (QED) is 0.0923. The summed E-state index contributed by atoms with van der Waals surface area (Å²) >= 11 is 5.78. The van der Waals surface area contributed by atoms with Crippen molar-refractivity contribution >= 4 is 28.8 Å². The first-order chi connectivity index (χ1) is 14.9. The molecule has 0 amide bonds. The second kappa shape index (κ2) is 19.6. The van der Waals surface area contributed by atoms with E-state index < -0.39 is 22.6 Å². The van der Waals surface area contributed by atoms with Gasteiger partial charge in [-0.3, -0.25) is 14.4 Å². The normalized spacial score (nSPS) is 13.1. The van der Waals surface area contributed by atoms with Crippen LogP contribution in [0.15, 0.2) is 0 Å². The maximum Gasteiger partial charge on any atom is 0.318 e. The van der Waals surface area contributed by atoms with Crippen LogP contribution in [0.2, 0.25) is 0 Å². The van der Waals surface area contributed by atoms with Crippen LogP contribution in [0.4, 0.5) is 0 Å². The number of halogens is 1. The lowest BCUT2D eigenvalue weighted by atomic mass is 9.79. The summed E-state index contributed by atoms with van der Waals surface area (Å²) < 4.78 is 0. The van der Waals surface area contributed by atoms with Gasteiger partial charge in [0.15, 0.2) is 0 Å². The summed E-state index contributed by atoms with van der Waals surface area (Å²) in [6.45, 7) is 2.21. The van der Waals surface area contributed by atoms with E-state index >= 15 is 0 Å². The van der Waals surface area contributed by atoms with E-state index in [1.54, 1.807) is 0 Å². The molecule has 0 saturated heterocycles. The van der Waals surface area contributed by atoms with E-state index in [0.29, 0.717) is 19.3 Å². The van der Waals surface area contributed by atoms with Gasteiger partial charge in [-0.2, -0.15) is 0 Å². The lowest BCUT2D eigenvalue weighted by Crippen LogP contribution is -2.37. The van der Waals surface area contributed by atoms with Crippen molar-refractivity contribution in [1.82, 2.24) is 0 Å². The summed E-state index contributed by atoms with van der Waals surface area (Å²) in [5, 5.41) is 17.6. The van der Waals surface area contributed by atoms with Crippen LogP contribution < -0.4 is 0 Å². The van der Waals surface area contributed by atoms with Gasteiger partial charge in [0.2, 0.25) is 5.24 Å². The predicted octanol–water partition coefficient (Wildman–Crippen LogP) is 7.73. The second-order valence-electron chi connectivity index (χ2n) is 8.96. The minimum Gasteiger partial charge on any atom is -0.481 e. The molecule has 2 N–H and O–H groups in total. The fourth-order valence-electron chi connectivity index (χ4n) is 4.12. The molecule has 5 nitrogen and oxygen atoms in total. The Labute approximate surface area is 194 Å². The standard InChI is InChI=1S/C25H45ClO5/c1-2-3-4-5-6-8-11-14-17-20-25(23(26)29,24(30)31)21-18-15-12-9-7-10-13-16-19-22(27)28/h2-21H2,1H3,(H,27,28)(H,30,31)/t25-/m1/s1. The zero-order chi connectivity index (χ0) is 23.4. The zero-order valence-electron chi connectivity index (χ0n) is 19.6. The molecule has 0 aliphatic carbocycles. The van der Waals surface area contributed by atoms with Gasteiger partial charge in [-0.15, -0.1) is 0 Å². The molecule has 0 aliphatic heterocycles. The Balaban J connectivity index is 4.04. The van der Waals surface area contributed by atoms with Gasteiger partial charge in [0.25, 0.3) is 0 Å². The maximum absolute atomic E-state index is 12.0. The van der Waals surface area contributed by atoms with E-state index in [-0.39, 0.29) is 6.42 Å². The molecule has 0 bridgehead atoms. The molecule has 0 saturated carbocycles. The highest BCUT2D eigenvalue weighted by Gasteiger charge is 2.43. The van der Waals surface area contributed by atoms with Crippen molar-refractivity contribution in [2.24, 2.45) is 5.41 Å². The molecule has 31 heavy (non-hydrogen) atoms. The topological polar surface area (TPSA) is 91.7 Å². The van der Waals surface area contributed by atoms with E-state index in [1.165, 1.54) is 38.5 Å². The summed E-state index contributed by atoms with van der Waals surface area (Å²) in [6.07, 6.45) is 18.6. The zero-order valence-corrected chi connectivity index (χ0v) is 20.4. The van der Waals surface area contributed by atoms with Crippen molar-refractivity contribution in [1.29, 1.82) is 0 Å². The summed E-state index contributed by atoms with van der Waals surface area (Å²) in [7, 11) is 0. The van der Waals surface area contributed by atoms with Gasteiger partial charge < -0.3 is 10.2 Å². The van der Waals surface area contributed by atoms with Gasteiger partial charge in [0, 0.05) is 6.42 Å². The monoisotopic (exact) mass is 460 g/mol.